The first-order valence-corrected chi connectivity index (χ1v) is 6.28. The molecule has 0 aliphatic heterocycles. The topological polar surface area (TPSA) is 64.9 Å². The summed E-state index contributed by atoms with van der Waals surface area (Å²) >= 11 is 11.7. The first-order chi connectivity index (χ1) is 8.60. The van der Waals surface area contributed by atoms with Crippen LogP contribution in [-0.4, -0.2) is 12.1 Å². The van der Waals surface area contributed by atoms with Crippen molar-refractivity contribution in [2.24, 2.45) is 5.92 Å². The molecule has 2 N–H and O–H groups in total. The molecule has 1 fully saturated rings. The number of hydrogen-bond acceptors (Lipinski definition) is 2. The third kappa shape index (κ3) is 3.28. The lowest BCUT2D eigenvalue weighted by atomic mass is 10.2. The van der Waals surface area contributed by atoms with Gasteiger partial charge in [-0.15, -0.1) is 0 Å². The molecule has 1 aliphatic rings. The van der Waals surface area contributed by atoms with E-state index in [-0.39, 0.29) is 5.92 Å². The number of carbonyl (C=O) groups excluding carboxylic acids is 1. The minimum Gasteiger partial charge on any atom is -0.322 e. The summed E-state index contributed by atoms with van der Waals surface area (Å²) in [6.45, 7) is 0. The fourth-order valence-corrected chi connectivity index (χ4v) is 1.91. The second-order valence-corrected chi connectivity index (χ2v) is 5.01. The predicted molar refractivity (Wildman–Crippen MR) is 70.7 cm³/mol. The van der Waals surface area contributed by atoms with Crippen LogP contribution in [0.3, 0.4) is 0 Å². The van der Waals surface area contributed by atoms with Crippen molar-refractivity contribution in [3.05, 3.63) is 28.2 Å². The van der Waals surface area contributed by atoms with Gasteiger partial charge in [-0.3, -0.25) is 0 Å². The van der Waals surface area contributed by atoms with Crippen molar-refractivity contribution < 1.29 is 4.79 Å². The number of nitriles is 1. The summed E-state index contributed by atoms with van der Waals surface area (Å²) in [4.78, 5) is 11.7. The number of nitrogens with one attached hydrogen (secondary N) is 2. The number of nitrogens with zero attached hydrogens (tertiary/aromatic N) is 1. The molecular weight excluding hydrogens is 273 g/mol. The van der Waals surface area contributed by atoms with Crippen LogP contribution in [0.4, 0.5) is 10.5 Å². The summed E-state index contributed by atoms with van der Waals surface area (Å²) in [5, 5.41) is 15.0. The van der Waals surface area contributed by atoms with E-state index in [9.17, 15) is 4.79 Å². The average Bonchev–Trinajstić information content (AvgIpc) is 3.15. The first-order valence-electron chi connectivity index (χ1n) is 5.52. The van der Waals surface area contributed by atoms with Crippen LogP contribution < -0.4 is 10.6 Å². The van der Waals surface area contributed by atoms with E-state index in [4.69, 9.17) is 28.5 Å². The van der Waals surface area contributed by atoms with Crippen LogP contribution in [-0.2, 0) is 0 Å². The Kier molecular flexibility index (Phi) is 3.95. The monoisotopic (exact) mass is 283 g/mol. The second kappa shape index (κ2) is 5.47. The van der Waals surface area contributed by atoms with E-state index >= 15 is 0 Å². The average molecular weight is 284 g/mol. The van der Waals surface area contributed by atoms with Gasteiger partial charge in [-0.2, -0.15) is 5.26 Å². The number of anilines is 1. The molecule has 0 saturated heterocycles. The van der Waals surface area contributed by atoms with Crippen molar-refractivity contribution in [2.45, 2.75) is 18.9 Å². The van der Waals surface area contributed by atoms with E-state index in [1.807, 2.05) is 0 Å². The Balaban J connectivity index is 1.98. The maximum absolute atomic E-state index is 11.7. The lowest BCUT2D eigenvalue weighted by Gasteiger charge is -2.12. The van der Waals surface area contributed by atoms with Crippen molar-refractivity contribution in [3.63, 3.8) is 0 Å². The number of amides is 2. The molecule has 1 aromatic carbocycles. The third-order valence-corrected chi connectivity index (χ3v) is 3.26. The number of rotatable bonds is 3. The van der Waals surface area contributed by atoms with Crippen molar-refractivity contribution in [1.29, 1.82) is 5.26 Å². The molecule has 1 aromatic rings. The normalized spacial score (nSPS) is 15.6. The van der Waals surface area contributed by atoms with E-state index in [1.54, 1.807) is 18.2 Å². The van der Waals surface area contributed by atoms with Gasteiger partial charge in [0.15, 0.2) is 0 Å². The molecule has 6 heteroatoms. The van der Waals surface area contributed by atoms with Gasteiger partial charge in [0, 0.05) is 5.02 Å². The predicted octanol–water partition coefficient (Wildman–Crippen LogP) is 3.42. The van der Waals surface area contributed by atoms with Crippen LogP contribution in [0.15, 0.2) is 18.2 Å². The zero-order chi connectivity index (χ0) is 13.1. The molecule has 0 radical (unpaired) electrons. The highest BCUT2D eigenvalue weighted by atomic mass is 35.5. The van der Waals surface area contributed by atoms with E-state index in [1.165, 1.54) is 0 Å². The van der Waals surface area contributed by atoms with Crippen LogP contribution in [0.2, 0.25) is 10.0 Å². The van der Waals surface area contributed by atoms with Crippen molar-refractivity contribution in [1.82, 2.24) is 5.32 Å². The highest BCUT2D eigenvalue weighted by Gasteiger charge is 2.32. The molecule has 2 rings (SSSR count). The minimum absolute atomic E-state index is 0.274. The molecule has 0 bridgehead atoms. The third-order valence-electron chi connectivity index (χ3n) is 2.70. The molecule has 0 spiro atoms. The maximum atomic E-state index is 11.7. The van der Waals surface area contributed by atoms with E-state index in [0.717, 1.165) is 12.8 Å². The van der Waals surface area contributed by atoms with Crippen LogP contribution >= 0.6 is 23.2 Å². The quantitative estimate of drug-likeness (QED) is 0.893. The number of urea groups is 1. The fraction of sp³-hybridized carbons (Fsp3) is 0.333. The van der Waals surface area contributed by atoms with Gasteiger partial charge >= 0.3 is 6.03 Å². The first kappa shape index (κ1) is 13.0. The molecule has 2 amide bonds. The summed E-state index contributed by atoms with van der Waals surface area (Å²) in [7, 11) is 0. The molecule has 0 aromatic heterocycles. The van der Waals surface area contributed by atoms with Crippen molar-refractivity contribution >= 4 is 34.9 Å². The molecule has 18 heavy (non-hydrogen) atoms. The van der Waals surface area contributed by atoms with Gasteiger partial charge < -0.3 is 10.6 Å². The number of hydrogen-bond donors (Lipinski definition) is 2. The zero-order valence-electron chi connectivity index (χ0n) is 9.41. The molecule has 94 valence electrons. The van der Waals surface area contributed by atoms with Crippen molar-refractivity contribution in [2.75, 3.05) is 5.32 Å². The fourth-order valence-electron chi connectivity index (χ4n) is 1.58. The van der Waals surface area contributed by atoms with Crippen LogP contribution in [0.1, 0.15) is 12.8 Å². The van der Waals surface area contributed by atoms with Gasteiger partial charge in [-0.05, 0) is 37.0 Å². The smallest absolute Gasteiger partial charge is 0.320 e. The van der Waals surface area contributed by atoms with Gasteiger partial charge in [0.25, 0.3) is 0 Å². The van der Waals surface area contributed by atoms with Gasteiger partial charge in [-0.1, -0.05) is 23.2 Å². The Morgan fingerprint density at radius 2 is 2.17 bits per heavy atom. The van der Waals surface area contributed by atoms with Gasteiger partial charge in [0.05, 0.1) is 16.8 Å². The summed E-state index contributed by atoms with van der Waals surface area (Å²) in [6.07, 6.45) is 1.97. The number of benzene rings is 1. The molecular formula is C12H11Cl2N3O. The summed E-state index contributed by atoms with van der Waals surface area (Å²) in [5.41, 5.74) is 0.425. The molecule has 1 aliphatic carbocycles. The van der Waals surface area contributed by atoms with Crippen molar-refractivity contribution in [3.8, 4) is 6.07 Å². The van der Waals surface area contributed by atoms with Gasteiger partial charge in [0.1, 0.15) is 6.04 Å². The Hall–Kier alpha value is -1.44. The second-order valence-electron chi connectivity index (χ2n) is 4.17. The molecule has 1 saturated carbocycles. The number of carbonyl (C=O) groups is 1. The highest BCUT2D eigenvalue weighted by Crippen LogP contribution is 2.32. The lowest BCUT2D eigenvalue weighted by Crippen LogP contribution is -2.38. The summed E-state index contributed by atoms with van der Waals surface area (Å²) in [6, 6.07) is 5.98. The van der Waals surface area contributed by atoms with E-state index < -0.39 is 12.1 Å². The Morgan fingerprint density at radius 1 is 1.44 bits per heavy atom. The largest absolute Gasteiger partial charge is 0.322 e. The molecule has 1 unspecified atom stereocenters. The minimum atomic E-state index is -0.447. The van der Waals surface area contributed by atoms with Crippen LogP contribution in [0.5, 0.6) is 0 Å². The van der Waals surface area contributed by atoms with Crippen LogP contribution in [0.25, 0.3) is 0 Å². The highest BCUT2D eigenvalue weighted by molar-refractivity contribution is 6.35. The number of halogens is 2. The van der Waals surface area contributed by atoms with Gasteiger partial charge in [-0.25, -0.2) is 4.79 Å². The maximum Gasteiger partial charge on any atom is 0.320 e. The van der Waals surface area contributed by atoms with Crippen LogP contribution in [0, 0.1) is 17.2 Å². The van der Waals surface area contributed by atoms with E-state index in [0.29, 0.717) is 15.7 Å². The Labute approximate surface area is 115 Å². The zero-order valence-corrected chi connectivity index (χ0v) is 10.9. The molecule has 4 nitrogen and oxygen atoms in total. The molecule has 0 heterocycles. The lowest BCUT2D eigenvalue weighted by molar-refractivity contribution is 0.249. The van der Waals surface area contributed by atoms with Gasteiger partial charge in [0.2, 0.25) is 0 Å². The standard InChI is InChI=1S/C12H11Cl2N3O/c13-8-3-4-9(14)10(5-8)16-12(18)17-11(6-15)7-1-2-7/h3-5,7,11H,1-2H2,(H2,16,17,18). The summed E-state index contributed by atoms with van der Waals surface area (Å²) < 4.78 is 0. The Morgan fingerprint density at radius 3 is 2.78 bits per heavy atom. The Bertz CT molecular complexity index is 509. The summed E-state index contributed by atoms with van der Waals surface area (Å²) in [5.74, 6) is 0.274. The SMILES string of the molecule is N#CC(NC(=O)Nc1cc(Cl)ccc1Cl)C1CC1. The molecule has 1 atom stereocenters. The van der Waals surface area contributed by atoms with E-state index in [2.05, 4.69) is 16.7 Å².